The van der Waals surface area contributed by atoms with E-state index in [4.69, 9.17) is 18.6 Å². The van der Waals surface area contributed by atoms with Crippen LogP contribution in [0.3, 0.4) is 0 Å². The maximum Gasteiger partial charge on any atom is 0.255 e. The van der Waals surface area contributed by atoms with Crippen LogP contribution in [-0.4, -0.2) is 43.5 Å². The fourth-order valence-corrected chi connectivity index (χ4v) is 2.35. The van der Waals surface area contributed by atoms with Gasteiger partial charge in [0, 0.05) is 12.1 Å². The van der Waals surface area contributed by atoms with Gasteiger partial charge < -0.3 is 23.9 Å². The fourth-order valence-electron chi connectivity index (χ4n) is 2.35. The molecule has 0 bridgehead atoms. The Bertz CT molecular complexity index is 879. The zero-order chi connectivity index (χ0) is 19.1. The number of amides is 1. The third-order valence-electron chi connectivity index (χ3n) is 3.70. The van der Waals surface area contributed by atoms with Crippen molar-refractivity contribution in [3.63, 3.8) is 0 Å². The monoisotopic (exact) mass is 369 g/mol. The average molecular weight is 369 g/mol. The molecule has 2 aromatic heterocycles. The third kappa shape index (κ3) is 4.55. The molecule has 0 saturated heterocycles. The normalized spacial score (nSPS) is 10.3. The summed E-state index contributed by atoms with van der Waals surface area (Å²) < 4.78 is 21.1. The molecular formula is C19H19N3O5. The molecule has 3 rings (SSSR count). The van der Waals surface area contributed by atoms with Crippen LogP contribution in [0.4, 0.5) is 0 Å². The third-order valence-corrected chi connectivity index (χ3v) is 3.70. The molecule has 8 heteroatoms. The summed E-state index contributed by atoms with van der Waals surface area (Å²) in [4.78, 5) is 12.3. The van der Waals surface area contributed by atoms with Gasteiger partial charge in [-0.05, 0) is 30.3 Å². The molecule has 8 nitrogen and oxygen atoms in total. The van der Waals surface area contributed by atoms with E-state index in [0.717, 1.165) is 0 Å². The molecule has 3 aromatic rings. The molecule has 0 aliphatic heterocycles. The lowest BCUT2D eigenvalue weighted by Crippen LogP contribution is -2.28. The standard InChI is InChI=1S/C19H19N3O5/c1-24-13-5-6-14(17(12-13)25-2)19(23)20-9-11-27-18-8-7-15(21-22-18)16-4-3-10-26-16/h3-8,10,12H,9,11H2,1-2H3,(H,20,23). The molecule has 0 saturated carbocycles. The number of aromatic nitrogens is 2. The van der Waals surface area contributed by atoms with Crippen LogP contribution in [0.5, 0.6) is 17.4 Å². The minimum Gasteiger partial charge on any atom is -0.497 e. The Morgan fingerprint density at radius 2 is 2.00 bits per heavy atom. The smallest absolute Gasteiger partial charge is 0.255 e. The van der Waals surface area contributed by atoms with Crippen molar-refractivity contribution >= 4 is 5.91 Å². The van der Waals surface area contributed by atoms with Crippen LogP contribution in [0.25, 0.3) is 11.5 Å². The molecule has 0 radical (unpaired) electrons. The lowest BCUT2D eigenvalue weighted by Gasteiger charge is -2.11. The number of hydrogen-bond acceptors (Lipinski definition) is 7. The number of benzene rings is 1. The molecule has 0 unspecified atom stereocenters. The van der Waals surface area contributed by atoms with E-state index in [0.29, 0.717) is 40.9 Å². The van der Waals surface area contributed by atoms with Crippen LogP contribution < -0.4 is 19.5 Å². The van der Waals surface area contributed by atoms with E-state index in [9.17, 15) is 4.79 Å². The van der Waals surface area contributed by atoms with Gasteiger partial charge in [0.05, 0.1) is 32.6 Å². The van der Waals surface area contributed by atoms with Crippen molar-refractivity contribution < 1.29 is 23.4 Å². The maximum atomic E-state index is 12.3. The van der Waals surface area contributed by atoms with Gasteiger partial charge in [-0.2, -0.15) is 0 Å². The topological polar surface area (TPSA) is 95.7 Å². The quantitative estimate of drug-likeness (QED) is 0.610. The first-order valence-electron chi connectivity index (χ1n) is 8.22. The van der Waals surface area contributed by atoms with E-state index in [-0.39, 0.29) is 12.5 Å². The second-order valence-corrected chi connectivity index (χ2v) is 5.40. The zero-order valence-electron chi connectivity index (χ0n) is 15.0. The van der Waals surface area contributed by atoms with Gasteiger partial charge in [-0.1, -0.05) is 0 Å². The number of hydrogen-bond donors (Lipinski definition) is 1. The second kappa shape index (κ2) is 8.70. The second-order valence-electron chi connectivity index (χ2n) is 5.40. The highest BCUT2D eigenvalue weighted by atomic mass is 16.5. The number of rotatable bonds is 8. The van der Waals surface area contributed by atoms with Gasteiger partial charge in [0.25, 0.3) is 5.91 Å². The molecule has 0 spiro atoms. The summed E-state index contributed by atoms with van der Waals surface area (Å²) in [6.07, 6.45) is 1.57. The minimum atomic E-state index is -0.266. The van der Waals surface area contributed by atoms with Crippen molar-refractivity contribution in [2.45, 2.75) is 0 Å². The van der Waals surface area contributed by atoms with Crippen LogP contribution in [0.2, 0.25) is 0 Å². The van der Waals surface area contributed by atoms with Crippen molar-refractivity contribution in [1.29, 1.82) is 0 Å². The van der Waals surface area contributed by atoms with Gasteiger partial charge in [0.15, 0.2) is 5.76 Å². The first-order chi connectivity index (χ1) is 13.2. The van der Waals surface area contributed by atoms with Gasteiger partial charge in [0.2, 0.25) is 5.88 Å². The molecule has 0 aliphatic carbocycles. The first-order valence-corrected chi connectivity index (χ1v) is 8.22. The molecular weight excluding hydrogens is 350 g/mol. The number of carbonyl (C=O) groups excluding carboxylic acids is 1. The number of nitrogens with zero attached hydrogens (tertiary/aromatic N) is 2. The van der Waals surface area contributed by atoms with Crippen molar-refractivity contribution in [3.8, 4) is 28.8 Å². The molecule has 0 fully saturated rings. The molecule has 140 valence electrons. The SMILES string of the molecule is COc1ccc(C(=O)NCCOc2ccc(-c3ccco3)nn2)c(OC)c1. The largest absolute Gasteiger partial charge is 0.497 e. The van der Waals surface area contributed by atoms with E-state index in [1.807, 2.05) is 0 Å². The van der Waals surface area contributed by atoms with Crippen molar-refractivity contribution in [2.24, 2.45) is 0 Å². The number of furan rings is 1. The van der Waals surface area contributed by atoms with Gasteiger partial charge in [-0.25, -0.2) is 0 Å². The number of nitrogens with one attached hydrogen (secondary N) is 1. The zero-order valence-corrected chi connectivity index (χ0v) is 15.0. The van der Waals surface area contributed by atoms with Gasteiger partial charge in [-0.3, -0.25) is 4.79 Å². The molecule has 1 amide bonds. The van der Waals surface area contributed by atoms with Gasteiger partial charge in [-0.15, -0.1) is 10.2 Å². The van der Waals surface area contributed by atoms with E-state index in [1.54, 1.807) is 55.8 Å². The molecule has 0 aliphatic rings. The van der Waals surface area contributed by atoms with E-state index in [1.165, 1.54) is 7.11 Å². The first kappa shape index (κ1) is 18.2. The lowest BCUT2D eigenvalue weighted by molar-refractivity contribution is 0.0943. The molecule has 1 N–H and O–H groups in total. The molecule has 27 heavy (non-hydrogen) atoms. The van der Waals surface area contributed by atoms with Gasteiger partial charge >= 0.3 is 0 Å². The fraction of sp³-hybridized carbons (Fsp3) is 0.211. The van der Waals surface area contributed by atoms with Crippen LogP contribution in [0.1, 0.15) is 10.4 Å². The highest BCUT2D eigenvalue weighted by Crippen LogP contribution is 2.24. The number of ether oxygens (including phenoxy) is 3. The predicted octanol–water partition coefficient (Wildman–Crippen LogP) is 2.56. The summed E-state index contributed by atoms with van der Waals surface area (Å²) in [6, 6.07) is 12.0. The predicted molar refractivity (Wildman–Crippen MR) is 97.1 cm³/mol. The number of carbonyl (C=O) groups is 1. The maximum absolute atomic E-state index is 12.3. The van der Waals surface area contributed by atoms with Crippen molar-refractivity contribution in [2.75, 3.05) is 27.4 Å². The Balaban J connectivity index is 1.49. The van der Waals surface area contributed by atoms with E-state index >= 15 is 0 Å². The highest BCUT2D eigenvalue weighted by molar-refractivity contribution is 5.97. The Hall–Kier alpha value is -3.55. The molecule has 0 atom stereocenters. The molecule has 1 aromatic carbocycles. The van der Waals surface area contributed by atoms with Crippen LogP contribution >= 0.6 is 0 Å². The average Bonchev–Trinajstić information content (AvgIpc) is 3.25. The van der Waals surface area contributed by atoms with Gasteiger partial charge in [0.1, 0.15) is 23.8 Å². The Morgan fingerprint density at radius 3 is 2.67 bits per heavy atom. The lowest BCUT2D eigenvalue weighted by atomic mass is 10.1. The summed E-state index contributed by atoms with van der Waals surface area (Å²) in [5, 5.41) is 10.8. The summed E-state index contributed by atoms with van der Waals surface area (Å²) in [6.45, 7) is 0.550. The van der Waals surface area contributed by atoms with E-state index < -0.39 is 0 Å². The Morgan fingerprint density at radius 1 is 1.11 bits per heavy atom. The Kier molecular flexibility index (Phi) is 5.88. The summed E-state index contributed by atoms with van der Waals surface area (Å²) >= 11 is 0. The van der Waals surface area contributed by atoms with Crippen LogP contribution in [-0.2, 0) is 0 Å². The van der Waals surface area contributed by atoms with Crippen molar-refractivity contribution in [3.05, 3.63) is 54.3 Å². The molecule has 2 heterocycles. The van der Waals surface area contributed by atoms with Crippen molar-refractivity contribution in [1.82, 2.24) is 15.5 Å². The summed E-state index contributed by atoms with van der Waals surface area (Å²) in [7, 11) is 3.05. The van der Waals surface area contributed by atoms with Crippen LogP contribution in [0.15, 0.2) is 53.1 Å². The number of methoxy groups -OCH3 is 2. The van der Waals surface area contributed by atoms with Crippen LogP contribution in [0, 0.1) is 0 Å². The summed E-state index contributed by atoms with van der Waals surface area (Å²) in [5.41, 5.74) is 1.04. The minimum absolute atomic E-state index is 0.249. The van der Waals surface area contributed by atoms with E-state index in [2.05, 4.69) is 15.5 Å². The Labute approximate surface area is 156 Å². The highest BCUT2D eigenvalue weighted by Gasteiger charge is 2.13. The summed E-state index contributed by atoms with van der Waals surface area (Å²) in [5.74, 6) is 1.78.